The SMILES string of the molecule is COc1cccc(OC)c1-n1c(NS(=O)(=O)[C@H](C)[C@](C)(F)c2ncc(C#N)cn2)nnc1-c1cncc(C)c1. The molecule has 2 atom stereocenters. The minimum absolute atomic E-state index is 0.111. The molecule has 4 aromatic rings. The molecule has 4 rings (SSSR count). The van der Waals surface area contributed by atoms with E-state index >= 15 is 4.39 Å². The van der Waals surface area contributed by atoms with Gasteiger partial charge in [0.25, 0.3) is 0 Å². The number of sulfonamides is 1. The maximum absolute atomic E-state index is 15.9. The van der Waals surface area contributed by atoms with Crippen LogP contribution in [0.1, 0.15) is 30.8 Å². The number of ether oxygens (including phenoxy) is 2. The second-order valence-corrected chi connectivity index (χ2v) is 10.7. The summed E-state index contributed by atoms with van der Waals surface area (Å²) in [6.07, 6.45) is 5.46. The number of aryl methyl sites for hydroxylation is 1. The molecule has 3 aromatic heterocycles. The van der Waals surface area contributed by atoms with Crippen LogP contribution in [0.3, 0.4) is 0 Å². The summed E-state index contributed by atoms with van der Waals surface area (Å²) in [6, 6.07) is 8.67. The van der Waals surface area contributed by atoms with E-state index in [0.717, 1.165) is 24.9 Å². The number of anilines is 1. The second-order valence-electron chi connectivity index (χ2n) is 8.72. The van der Waals surface area contributed by atoms with Crippen LogP contribution in [0, 0.1) is 18.3 Å². The highest BCUT2D eigenvalue weighted by Crippen LogP contribution is 2.38. The lowest BCUT2D eigenvalue weighted by Crippen LogP contribution is -2.41. The number of para-hydroxylation sites is 1. The fourth-order valence-corrected chi connectivity index (χ4v) is 5.06. The lowest BCUT2D eigenvalue weighted by Gasteiger charge is -2.26. The molecule has 14 heteroatoms. The molecule has 0 aliphatic carbocycles. The van der Waals surface area contributed by atoms with Crippen molar-refractivity contribution in [1.82, 2.24) is 29.7 Å². The van der Waals surface area contributed by atoms with Crippen molar-refractivity contribution in [2.45, 2.75) is 31.7 Å². The summed E-state index contributed by atoms with van der Waals surface area (Å²) in [6.45, 7) is 4.08. The predicted octanol–water partition coefficient (Wildman–Crippen LogP) is 3.33. The first-order valence-electron chi connectivity index (χ1n) is 11.6. The summed E-state index contributed by atoms with van der Waals surface area (Å²) < 4.78 is 57.8. The monoisotopic (exact) mass is 552 g/mol. The normalized spacial score (nSPS) is 13.7. The van der Waals surface area contributed by atoms with Crippen molar-refractivity contribution in [2.75, 3.05) is 18.9 Å². The Kier molecular flexibility index (Phi) is 7.46. The van der Waals surface area contributed by atoms with Crippen molar-refractivity contribution in [3.8, 4) is 34.6 Å². The highest BCUT2D eigenvalue weighted by Gasteiger charge is 2.45. The fourth-order valence-electron chi connectivity index (χ4n) is 3.81. The van der Waals surface area contributed by atoms with E-state index in [0.29, 0.717) is 22.7 Å². The summed E-state index contributed by atoms with van der Waals surface area (Å²) in [5.41, 5.74) is -0.737. The molecule has 0 aliphatic heterocycles. The Morgan fingerprint density at radius 1 is 1.10 bits per heavy atom. The molecule has 1 aromatic carbocycles. The zero-order valence-corrected chi connectivity index (χ0v) is 22.6. The summed E-state index contributed by atoms with van der Waals surface area (Å²) in [4.78, 5) is 11.9. The standard InChI is InChI=1S/C25H25FN8O4S/c1-15-9-18(14-28-11-15)22-31-32-24(34(22)21-19(37-4)7-6-8-20(21)38-5)33-39(35,36)16(2)25(3,26)23-29-12-17(10-27)13-30-23/h6-9,11-14,16H,1-5H3,(H,32,33)/t16-,25+/m1/s1. The van der Waals surface area contributed by atoms with Crippen molar-refractivity contribution in [3.63, 3.8) is 0 Å². The number of hydrogen-bond acceptors (Lipinski definition) is 10. The molecule has 0 aliphatic rings. The minimum Gasteiger partial charge on any atom is -0.494 e. The van der Waals surface area contributed by atoms with Gasteiger partial charge in [0.15, 0.2) is 17.3 Å². The number of nitrogens with zero attached hydrogens (tertiary/aromatic N) is 7. The Balaban J connectivity index is 1.85. The van der Waals surface area contributed by atoms with Crippen LogP contribution in [0.25, 0.3) is 17.1 Å². The van der Waals surface area contributed by atoms with Gasteiger partial charge in [-0.1, -0.05) is 6.07 Å². The first-order chi connectivity index (χ1) is 18.5. The number of rotatable bonds is 9. The molecule has 39 heavy (non-hydrogen) atoms. The van der Waals surface area contributed by atoms with Crippen molar-refractivity contribution >= 4 is 16.0 Å². The summed E-state index contributed by atoms with van der Waals surface area (Å²) in [5, 5.41) is 15.6. The van der Waals surface area contributed by atoms with Gasteiger partial charge in [0.05, 0.1) is 19.8 Å². The average molecular weight is 553 g/mol. The Bertz CT molecular complexity index is 1630. The van der Waals surface area contributed by atoms with Crippen molar-refractivity contribution in [2.24, 2.45) is 0 Å². The van der Waals surface area contributed by atoms with Crippen molar-refractivity contribution in [3.05, 3.63) is 66.0 Å². The zero-order chi connectivity index (χ0) is 28.4. The molecule has 0 amide bonds. The van der Waals surface area contributed by atoms with Gasteiger partial charge < -0.3 is 9.47 Å². The summed E-state index contributed by atoms with van der Waals surface area (Å²) >= 11 is 0. The van der Waals surface area contributed by atoms with Crippen LogP contribution in [0.5, 0.6) is 11.5 Å². The number of nitrogens with one attached hydrogen (secondary N) is 1. The topological polar surface area (TPSA) is 158 Å². The largest absolute Gasteiger partial charge is 0.494 e. The van der Waals surface area contributed by atoms with E-state index in [1.54, 1.807) is 36.7 Å². The lowest BCUT2D eigenvalue weighted by atomic mass is 10.0. The molecule has 202 valence electrons. The number of benzene rings is 1. The van der Waals surface area contributed by atoms with E-state index in [1.807, 2.05) is 13.0 Å². The first kappa shape index (κ1) is 27.4. The van der Waals surface area contributed by atoms with Gasteiger partial charge in [-0.05, 0) is 44.5 Å². The summed E-state index contributed by atoms with van der Waals surface area (Å²) in [7, 11) is -1.57. The van der Waals surface area contributed by atoms with Gasteiger partial charge in [-0.2, -0.15) is 5.26 Å². The Labute approximate surface area is 224 Å². The maximum Gasteiger partial charge on any atom is 0.243 e. The van der Waals surface area contributed by atoms with Crippen LogP contribution < -0.4 is 14.2 Å². The van der Waals surface area contributed by atoms with Crippen LogP contribution in [-0.4, -0.2) is 57.6 Å². The summed E-state index contributed by atoms with van der Waals surface area (Å²) in [5.74, 6) is 0.283. The number of hydrogen-bond donors (Lipinski definition) is 1. The Morgan fingerprint density at radius 2 is 1.74 bits per heavy atom. The molecule has 12 nitrogen and oxygen atoms in total. The van der Waals surface area contributed by atoms with Crippen LogP contribution in [-0.2, 0) is 15.7 Å². The van der Waals surface area contributed by atoms with Crippen molar-refractivity contribution in [1.29, 1.82) is 5.26 Å². The molecule has 1 N–H and O–H groups in total. The number of halogens is 1. The van der Waals surface area contributed by atoms with Crippen LogP contribution >= 0.6 is 0 Å². The third-order valence-electron chi connectivity index (χ3n) is 6.10. The molecular formula is C25H25FN8O4S. The molecule has 0 fully saturated rings. The highest BCUT2D eigenvalue weighted by molar-refractivity contribution is 7.93. The Morgan fingerprint density at radius 3 is 2.31 bits per heavy atom. The van der Waals surface area contributed by atoms with E-state index in [4.69, 9.17) is 14.7 Å². The fraction of sp³-hybridized carbons (Fsp3) is 0.280. The predicted molar refractivity (Wildman–Crippen MR) is 140 cm³/mol. The number of aromatic nitrogens is 6. The zero-order valence-electron chi connectivity index (χ0n) is 21.7. The number of pyridine rings is 1. The second kappa shape index (κ2) is 10.6. The van der Waals surface area contributed by atoms with E-state index in [9.17, 15) is 8.42 Å². The molecule has 0 saturated carbocycles. The minimum atomic E-state index is -4.47. The van der Waals surface area contributed by atoms with Crippen LogP contribution in [0.4, 0.5) is 10.3 Å². The average Bonchev–Trinajstić information content (AvgIpc) is 3.34. The van der Waals surface area contributed by atoms with E-state index < -0.39 is 26.8 Å². The third-order valence-corrected chi connectivity index (χ3v) is 7.94. The third kappa shape index (κ3) is 5.21. The molecule has 0 bridgehead atoms. The van der Waals surface area contributed by atoms with Gasteiger partial charge in [0.1, 0.15) is 28.5 Å². The Hall–Kier alpha value is -4.64. The molecule has 0 spiro atoms. The van der Waals surface area contributed by atoms with E-state index in [1.165, 1.54) is 25.7 Å². The van der Waals surface area contributed by atoms with Crippen LogP contribution in [0.2, 0.25) is 0 Å². The molecule has 0 radical (unpaired) electrons. The number of methoxy groups -OCH3 is 2. The number of nitriles is 1. The molecule has 3 heterocycles. The molecule has 0 saturated heterocycles. The highest BCUT2D eigenvalue weighted by atomic mass is 32.2. The van der Waals surface area contributed by atoms with Gasteiger partial charge >= 0.3 is 0 Å². The molecular weight excluding hydrogens is 527 g/mol. The smallest absolute Gasteiger partial charge is 0.243 e. The number of alkyl halides is 1. The van der Waals surface area contributed by atoms with Gasteiger partial charge in [-0.25, -0.2) is 22.8 Å². The van der Waals surface area contributed by atoms with Gasteiger partial charge in [-0.3, -0.25) is 14.3 Å². The van der Waals surface area contributed by atoms with E-state index in [2.05, 4.69) is 29.9 Å². The van der Waals surface area contributed by atoms with E-state index in [-0.39, 0.29) is 17.3 Å². The van der Waals surface area contributed by atoms with Crippen LogP contribution in [0.15, 0.2) is 49.1 Å². The first-order valence-corrected chi connectivity index (χ1v) is 13.1. The van der Waals surface area contributed by atoms with Crippen molar-refractivity contribution < 1.29 is 22.3 Å². The maximum atomic E-state index is 15.9. The quantitative estimate of drug-likeness (QED) is 0.326. The lowest BCUT2D eigenvalue weighted by molar-refractivity contribution is 0.175. The van der Waals surface area contributed by atoms with Gasteiger partial charge in [0, 0.05) is 30.4 Å². The molecule has 0 unspecified atom stereocenters. The van der Waals surface area contributed by atoms with Gasteiger partial charge in [-0.15, -0.1) is 10.2 Å². The van der Waals surface area contributed by atoms with Gasteiger partial charge in [0.2, 0.25) is 16.0 Å².